The van der Waals surface area contributed by atoms with Crippen molar-refractivity contribution in [1.82, 2.24) is 4.98 Å². The van der Waals surface area contributed by atoms with Crippen LogP contribution in [-0.2, 0) is 4.79 Å². The summed E-state index contributed by atoms with van der Waals surface area (Å²) in [6.07, 6.45) is 3.61. The Hall–Kier alpha value is -0.590. The minimum Gasteiger partial charge on any atom is -0.480 e. The molecule has 1 saturated carbocycles. The van der Waals surface area contributed by atoms with Crippen LogP contribution in [0.4, 0.5) is 0 Å². The van der Waals surface area contributed by atoms with Gasteiger partial charge < -0.3 is 10.8 Å². The van der Waals surface area contributed by atoms with Gasteiger partial charge in [0.05, 0.1) is 5.03 Å². The van der Waals surface area contributed by atoms with Crippen molar-refractivity contribution in [3.05, 3.63) is 22.8 Å². The number of aliphatic carboxylic acids is 1. The molecule has 1 fully saturated rings. The lowest BCUT2D eigenvalue weighted by molar-refractivity contribution is -0.143. The Morgan fingerprint density at radius 3 is 2.94 bits per heavy atom. The molecule has 2 rings (SSSR count). The molecule has 17 heavy (non-hydrogen) atoms. The molecular formula is C11H13BrN2O2S. The zero-order chi connectivity index (χ0) is 12.5. The van der Waals surface area contributed by atoms with Gasteiger partial charge in [-0.15, -0.1) is 11.8 Å². The average molecular weight is 317 g/mol. The van der Waals surface area contributed by atoms with E-state index in [9.17, 15) is 4.79 Å². The molecule has 0 aliphatic heterocycles. The average Bonchev–Trinajstić information content (AvgIpc) is 2.65. The van der Waals surface area contributed by atoms with Crippen LogP contribution in [0.25, 0.3) is 0 Å². The van der Waals surface area contributed by atoms with Crippen molar-refractivity contribution in [3.63, 3.8) is 0 Å². The predicted molar refractivity (Wildman–Crippen MR) is 70.0 cm³/mol. The summed E-state index contributed by atoms with van der Waals surface area (Å²) in [6.45, 7) is 0. The Labute approximate surface area is 112 Å². The Bertz CT molecular complexity index is 426. The SMILES string of the molecule is NC1(C(=O)O)CCC(Sc2ccc(Br)cn2)C1. The van der Waals surface area contributed by atoms with Crippen LogP contribution in [0, 0.1) is 0 Å². The Kier molecular flexibility index (Phi) is 3.75. The number of aromatic nitrogens is 1. The van der Waals surface area contributed by atoms with Crippen molar-refractivity contribution in [3.8, 4) is 0 Å². The molecule has 0 bridgehead atoms. The molecule has 0 radical (unpaired) electrons. The van der Waals surface area contributed by atoms with E-state index in [0.29, 0.717) is 12.8 Å². The van der Waals surface area contributed by atoms with Gasteiger partial charge in [0.15, 0.2) is 0 Å². The van der Waals surface area contributed by atoms with Gasteiger partial charge in [0.25, 0.3) is 0 Å². The highest BCUT2D eigenvalue weighted by atomic mass is 79.9. The van der Waals surface area contributed by atoms with E-state index >= 15 is 0 Å². The Morgan fingerprint density at radius 2 is 2.41 bits per heavy atom. The minimum atomic E-state index is -1.05. The molecule has 92 valence electrons. The molecule has 1 aliphatic carbocycles. The van der Waals surface area contributed by atoms with Crippen LogP contribution in [-0.4, -0.2) is 26.8 Å². The summed E-state index contributed by atoms with van der Waals surface area (Å²) in [7, 11) is 0. The van der Waals surface area contributed by atoms with Crippen LogP contribution in [0.2, 0.25) is 0 Å². The second-order valence-electron chi connectivity index (χ2n) is 4.26. The van der Waals surface area contributed by atoms with Gasteiger partial charge in [0.1, 0.15) is 5.54 Å². The van der Waals surface area contributed by atoms with E-state index in [0.717, 1.165) is 15.9 Å². The molecule has 1 aromatic rings. The fraction of sp³-hybridized carbons (Fsp3) is 0.455. The number of nitrogens with two attached hydrogens (primary N) is 1. The number of thioether (sulfide) groups is 1. The molecule has 4 nitrogen and oxygen atoms in total. The fourth-order valence-electron chi connectivity index (χ4n) is 1.93. The maximum atomic E-state index is 11.0. The predicted octanol–water partition coefficient (Wildman–Crippen LogP) is 2.27. The number of hydrogen-bond donors (Lipinski definition) is 2. The fourth-order valence-corrected chi connectivity index (χ4v) is 3.38. The summed E-state index contributed by atoms with van der Waals surface area (Å²) in [5, 5.41) is 10.2. The topological polar surface area (TPSA) is 76.2 Å². The van der Waals surface area contributed by atoms with Crippen LogP contribution < -0.4 is 5.73 Å². The van der Waals surface area contributed by atoms with E-state index in [2.05, 4.69) is 20.9 Å². The number of halogens is 1. The first kappa shape index (κ1) is 12.9. The zero-order valence-electron chi connectivity index (χ0n) is 9.10. The zero-order valence-corrected chi connectivity index (χ0v) is 11.5. The third kappa shape index (κ3) is 3.00. The molecule has 1 aliphatic rings. The van der Waals surface area contributed by atoms with Gasteiger partial charge in [0.2, 0.25) is 0 Å². The summed E-state index contributed by atoms with van der Waals surface area (Å²) in [5.74, 6) is -0.899. The van der Waals surface area contributed by atoms with Crippen LogP contribution in [0.1, 0.15) is 19.3 Å². The lowest BCUT2D eigenvalue weighted by Crippen LogP contribution is -2.45. The highest BCUT2D eigenvalue weighted by Gasteiger charge is 2.42. The third-order valence-corrected chi connectivity index (χ3v) is 4.61. The Morgan fingerprint density at radius 1 is 1.65 bits per heavy atom. The molecule has 0 aromatic carbocycles. The highest BCUT2D eigenvalue weighted by molar-refractivity contribution is 9.10. The lowest BCUT2D eigenvalue weighted by Gasteiger charge is -2.17. The largest absolute Gasteiger partial charge is 0.480 e. The second-order valence-corrected chi connectivity index (χ2v) is 6.49. The van der Waals surface area contributed by atoms with E-state index in [4.69, 9.17) is 10.8 Å². The second kappa shape index (κ2) is 4.96. The first-order chi connectivity index (χ1) is 7.99. The summed E-state index contributed by atoms with van der Waals surface area (Å²) in [6, 6.07) is 3.85. The van der Waals surface area contributed by atoms with Gasteiger partial charge in [-0.1, -0.05) is 0 Å². The van der Waals surface area contributed by atoms with Crippen molar-refractivity contribution in [2.45, 2.75) is 35.1 Å². The van der Waals surface area contributed by atoms with E-state index in [1.54, 1.807) is 18.0 Å². The first-order valence-corrected chi connectivity index (χ1v) is 6.97. The minimum absolute atomic E-state index is 0.241. The number of carboxylic acid groups (broad SMARTS) is 1. The van der Waals surface area contributed by atoms with Crippen LogP contribution in [0.15, 0.2) is 27.8 Å². The third-order valence-electron chi connectivity index (χ3n) is 2.92. The van der Waals surface area contributed by atoms with Crippen molar-refractivity contribution >= 4 is 33.7 Å². The summed E-state index contributed by atoms with van der Waals surface area (Å²) >= 11 is 4.93. The van der Waals surface area contributed by atoms with Crippen molar-refractivity contribution in [2.24, 2.45) is 5.73 Å². The van der Waals surface area contributed by atoms with Gasteiger partial charge in [-0.3, -0.25) is 4.79 Å². The molecule has 1 aromatic heterocycles. The van der Waals surface area contributed by atoms with Crippen molar-refractivity contribution in [2.75, 3.05) is 0 Å². The summed E-state index contributed by atoms with van der Waals surface area (Å²) in [4.78, 5) is 15.3. The normalized spacial score (nSPS) is 28.2. The van der Waals surface area contributed by atoms with E-state index in [1.807, 2.05) is 12.1 Å². The highest BCUT2D eigenvalue weighted by Crippen LogP contribution is 2.38. The molecule has 6 heteroatoms. The van der Waals surface area contributed by atoms with Crippen LogP contribution in [0.5, 0.6) is 0 Å². The van der Waals surface area contributed by atoms with Crippen LogP contribution in [0.3, 0.4) is 0 Å². The molecule has 0 amide bonds. The number of carboxylic acids is 1. The monoisotopic (exact) mass is 316 g/mol. The van der Waals surface area contributed by atoms with E-state index < -0.39 is 11.5 Å². The van der Waals surface area contributed by atoms with Gasteiger partial charge in [-0.25, -0.2) is 4.98 Å². The van der Waals surface area contributed by atoms with Gasteiger partial charge in [-0.05, 0) is 47.3 Å². The van der Waals surface area contributed by atoms with Crippen molar-refractivity contribution in [1.29, 1.82) is 0 Å². The first-order valence-electron chi connectivity index (χ1n) is 5.30. The maximum absolute atomic E-state index is 11.0. The van der Waals surface area contributed by atoms with E-state index in [1.165, 1.54) is 0 Å². The molecular weight excluding hydrogens is 304 g/mol. The standard InChI is InChI=1S/C11H13BrN2O2S/c12-7-1-2-9(14-6-7)17-8-3-4-11(13,5-8)10(15)16/h1-2,6,8H,3-5,13H2,(H,15,16). The molecule has 1 heterocycles. The van der Waals surface area contributed by atoms with Gasteiger partial charge in [-0.2, -0.15) is 0 Å². The quantitative estimate of drug-likeness (QED) is 0.894. The van der Waals surface area contributed by atoms with E-state index in [-0.39, 0.29) is 5.25 Å². The molecule has 2 unspecified atom stereocenters. The molecule has 2 atom stereocenters. The number of nitrogens with zero attached hydrogens (tertiary/aromatic N) is 1. The summed E-state index contributed by atoms with van der Waals surface area (Å²) < 4.78 is 0.937. The number of carbonyl (C=O) groups is 1. The number of pyridine rings is 1. The smallest absolute Gasteiger partial charge is 0.323 e. The number of rotatable bonds is 3. The van der Waals surface area contributed by atoms with Gasteiger partial charge >= 0.3 is 5.97 Å². The lowest BCUT2D eigenvalue weighted by atomic mass is 10.0. The summed E-state index contributed by atoms with van der Waals surface area (Å²) in [5.41, 5.74) is 4.78. The maximum Gasteiger partial charge on any atom is 0.323 e. The van der Waals surface area contributed by atoms with Crippen LogP contribution >= 0.6 is 27.7 Å². The molecule has 0 spiro atoms. The van der Waals surface area contributed by atoms with Crippen molar-refractivity contribution < 1.29 is 9.90 Å². The number of hydrogen-bond acceptors (Lipinski definition) is 4. The van der Waals surface area contributed by atoms with Gasteiger partial charge in [0, 0.05) is 15.9 Å². The molecule has 0 saturated heterocycles. The molecule has 3 N–H and O–H groups in total. The Balaban J connectivity index is 1.98.